The lowest BCUT2D eigenvalue weighted by molar-refractivity contribution is -0.142. The smallest absolute Gasteiger partial charge is 0.312 e. The Labute approximate surface area is 106 Å². The highest BCUT2D eigenvalue weighted by atomic mass is 79.9. The van der Waals surface area contributed by atoms with Crippen molar-refractivity contribution >= 4 is 43.5 Å². The molecule has 3 nitrogen and oxygen atoms in total. The van der Waals surface area contributed by atoms with Gasteiger partial charge in [-0.15, -0.1) is 11.3 Å². The molecule has 2 rings (SSSR count). The molecule has 0 aliphatic heterocycles. The van der Waals surface area contributed by atoms with E-state index in [1.165, 1.54) is 11.3 Å². The van der Waals surface area contributed by atoms with Crippen LogP contribution in [-0.4, -0.2) is 17.6 Å². The third-order valence-corrected chi connectivity index (χ3v) is 3.68. The summed E-state index contributed by atoms with van der Waals surface area (Å²) in [6, 6.07) is 5.89. The predicted octanol–water partition coefficient (Wildman–Crippen LogP) is 3.16. The fourth-order valence-corrected chi connectivity index (χ4v) is 2.94. The summed E-state index contributed by atoms with van der Waals surface area (Å²) >= 11 is 4.96. The molecule has 5 heteroatoms. The molecule has 84 valence electrons. The van der Waals surface area contributed by atoms with Crippen molar-refractivity contribution in [3.8, 4) is 0 Å². The minimum Gasteiger partial charge on any atom is -0.466 e. The van der Waals surface area contributed by atoms with E-state index in [0.29, 0.717) is 6.61 Å². The molecule has 0 aliphatic rings. The number of benzene rings is 1. The van der Waals surface area contributed by atoms with Gasteiger partial charge in [0.25, 0.3) is 0 Å². The van der Waals surface area contributed by atoms with Gasteiger partial charge in [-0.25, -0.2) is 4.98 Å². The molecular formula is C11H10BrNO2S. The van der Waals surface area contributed by atoms with Crippen molar-refractivity contribution in [1.82, 2.24) is 4.98 Å². The van der Waals surface area contributed by atoms with Gasteiger partial charge in [0.15, 0.2) is 0 Å². The molecule has 0 fully saturated rings. The summed E-state index contributed by atoms with van der Waals surface area (Å²) in [5, 5.41) is 0.792. The van der Waals surface area contributed by atoms with Crippen molar-refractivity contribution in [1.29, 1.82) is 0 Å². The summed E-state index contributed by atoms with van der Waals surface area (Å²) in [5.74, 6) is -0.224. The number of thiazole rings is 1. The normalized spacial score (nSPS) is 10.6. The average molecular weight is 300 g/mol. The second-order valence-corrected chi connectivity index (χ2v) is 5.15. The highest BCUT2D eigenvalue weighted by molar-refractivity contribution is 9.10. The minimum atomic E-state index is -0.224. The van der Waals surface area contributed by atoms with Gasteiger partial charge in [0.1, 0.15) is 5.01 Å². The molecule has 0 saturated heterocycles. The molecule has 1 aromatic carbocycles. The van der Waals surface area contributed by atoms with E-state index in [0.717, 1.165) is 19.7 Å². The van der Waals surface area contributed by atoms with E-state index in [2.05, 4.69) is 20.9 Å². The van der Waals surface area contributed by atoms with Gasteiger partial charge in [0, 0.05) is 4.47 Å². The van der Waals surface area contributed by atoms with Gasteiger partial charge < -0.3 is 4.74 Å². The summed E-state index contributed by atoms with van der Waals surface area (Å²) in [4.78, 5) is 15.7. The van der Waals surface area contributed by atoms with Crippen LogP contribution >= 0.6 is 27.3 Å². The number of ether oxygens (including phenoxy) is 1. The van der Waals surface area contributed by atoms with E-state index < -0.39 is 0 Å². The fraction of sp³-hybridized carbons (Fsp3) is 0.273. The van der Waals surface area contributed by atoms with E-state index >= 15 is 0 Å². The van der Waals surface area contributed by atoms with Crippen LogP contribution in [0.1, 0.15) is 11.9 Å². The molecule has 16 heavy (non-hydrogen) atoms. The number of hydrogen-bond acceptors (Lipinski definition) is 4. The van der Waals surface area contributed by atoms with Crippen molar-refractivity contribution in [2.45, 2.75) is 13.3 Å². The standard InChI is InChI=1S/C11H10BrNO2S/c1-2-15-10(14)6-9-13-11-7(12)4-3-5-8(11)16-9/h3-5H,2,6H2,1H3. The van der Waals surface area contributed by atoms with Crippen LogP contribution < -0.4 is 0 Å². The predicted molar refractivity (Wildman–Crippen MR) is 67.7 cm³/mol. The maximum Gasteiger partial charge on any atom is 0.312 e. The molecule has 0 amide bonds. The van der Waals surface area contributed by atoms with Gasteiger partial charge in [-0.2, -0.15) is 0 Å². The van der Waals surface area contributed by atoms with E-state index in [-0.39, 0.29) is 12.4 Å². The Bertz CT molecular complexity index is 524. The number of rotatable bonds is 3. The average Bonchev–Trinajstić information content (AvgIpc) is 2.62. The van der Waals surface area contributed by atoms with Gasteiger partial charge in [-0.3, -0.25) is 4.79 Å². The fourth-order valence-electron chi connectivity index (χ4n) is 1.37. The number of para-hydroxylation sites is 1. The lowest BCUT2D eigenvalue weighted by Gasteiger charge is -1.97. The van der Waals surface area contributed by atoms with E-state index in [1.807, 2.05) is 18.2 Å². The lowest BCUT2D eigenvalue weighted by Crippen LogP contribution is -2.06. The molecular weight excluding hydrogens is 290 g/mol. The number of aromatic nitrogens is 1. The second-order valence-electron chi connectivity index (χ2n) is 3.18. The Balaban J connectivity index is 2.26. The quantitative estimate of drug-likeness (QED) is 0.817. The first-order chi connectivity index (χ1) is 7.70. The molecule has 0 unspecified atom stereocenters. The topological polar surface area (TPSA) is 39.2 Å². The number of hydrogen-bond donors (Lipinski definition) is 0. The van der Waals surface area contributed by atoms with Gasteiger partial charge in [-0.1, -0.05) is 6.07 Å². The van der Waals surface area contributed by atoms with E-state index in [9.17, 15) is 4.79 Å². The molecule has 0 bridgehead atoms. The molecule has 0 spiro atoms. The summed E-state index contributed by atoms with van der Waals surface area (Å²) < 4.78 is 6.92. The Kier molecular flexibility index (Phi) is 3.56. The van der Waals surface area contributed by atoms with Crippen LogP contribution in [0.4, 0.5) is 0 Å². The van der Waals surface area contributed by atoms with Crippen LogP contribution in [0.15, 0.2) is 22.7 Å². The maximum atomic E-state index is 11.3. The molecule has 1 heterocycles. The van der Waals surface area contributed by atoms with Crippen LogP contribution in [0.25, 0.3) is 10.2 Å². The lowest BCUT2D eigenvalue weighted by atomic mass is 10.3. The maximum absolute atomic E-state index is 11.3. The Morgan fingerprint density at radius 3 is 3.06 bits per heavy atom. The number of halogens is 1. The highest BCUT2D eigenvalue weighted by Gasteiger charge is 2.10. The molecule has 2 aromatic rings. The molecule has 0 N–H and O–H groups in total. The summed E-state index contributed by atoms with van der Waals surface area (Å²) in [5.41, 5.74) is 0.909. The van der Waals surface area contributed by atoms with Gasteiger partial charge in [-0.05, 0) is 35.0 Å². The minimum absolute atomic E-state index is 0.224. The zero-order valence-corrected chi connectivity index (χ0v) is 11.1. The van der Waals surface area contributed by atoms with Crippen LogP contribution in [0.5, 0.6) is 0 Å². The SMILES string of the molecule is CCOC(=O)Cc1nc2c(Br)cccc2s1. The van der Waals surface area contributed by atoms with Crippen molar-refractivity contribution in [3.05, 3.63) is 27.7 Å². The number of esters is 1. The highest BCUT2D eigenvalue weighted by Crippen LogP contribution is 2.28. The van der Waals surface area contributed by atoms with Crippen LogP contribution in [-0.2, 0) is 16.0 Å². The monoisotopic (exact) mass is 299 g/mol. The number of carbonyl (C=O) groups is 1. The first-order valence-electron chi connectivity index (χ1n) is 4.90. The van der Waals surface area contributed by atoms with Crippen LogP contribution in [0.3, 0.4) is 0 Å². The largest absolute Gasteiger partial charge is 0.466 e. The third-order valence-electron chi connectivity index (χ3n) is 2.01. The Morgan fingerprint density at radius 2 is 2.38 bits per heavy atom. The van der Waals surface area contributed by atoms with Gasteiger partial charge in [0.05, 0.1) is 23.2 Å². The summed E-state index contributed by atoms with van der Waals surface area (Å²) in [6.45, 7) is 2.21. The molecule has 0 saturated carbocycles. The van der Waals surface area contributed by atoms with Crippen LogP contribution in [0, 0.1) is 0 Å². The zero-order chi connectivity index (χ0) is 11.5. The van der Waals surface area contributed by atoms with Crippen molar-refractivity contribution < 1.29 is 9.53 Å². The molecule has 0 aliphatic carbocycles. The van der Waals surface area contributed by atoms with E-state index in [1.54, 1.807) is 6.92 Å². The van der Waals surface area contributed by atoms with Crippen molar-refractivity contribution in [2.75, 3.05) is 6.61 Å². The van der Waals surface area contributed by atoms with Gasteiger partial charge >= 0.3 is 5.97 Å². The first-order valence-corrected chi connectivity index (χ1v) is 6.51. The molecule has 0 atom stereocenters. The molecule has 1 aromatic heterocycles. The van der Waals surface area contributed by atoms with Gasteiger partial charge in [0.2, 0.25) is 0 Å². The van der Waals surface area contributed by atoms with Crippen LogP contribution in [0.2, 0.25) is 0 Å². The van der Waals surface area contributed by atoms with Crippen molar-refractivity contribution in [3.63, 3.8) is 0 Å². The number of carbonyl (C=O) groups excluding carboxylic acids is 1. The number of fused-ring (bicyclic) bond motifs is 1. The third kappa shape index (κ3) is 2.41. The first kappa shape index (κ1) is 11.5. The summed E-state index contributed by atoms with van der Waals surface area (Å²) in [6.07, 6.45) is 0.250. The Hall–Kier alpha value is -0.940. The number of nitrogens with zero attached hydrogens (tertiary/aromatic N) is 1. The van der Waals surface area contributed by atoms with Crippen molar-refractivity contribution in [2.24, 2.45) is 0 Å². The zero-order valence-electron chi connectivity index (χ0n) is 8.70. The van der Waals surface area contributed by atoms with E-state index in [4.69, 9.17) is 4.74 Å². The Morgan fingerprint density at radius 1 is 1.56 bits per heavy atom. The second kappa shape index (κ2) is 4.93. The summed E-state index contributed by atoms with van der Waals surface area (Å²) in [7, 11) is 0. The molecule has 0 radical (unpaired) electrons.